The van der Waals surface area contributed by atoms with Gasteiger partial charge in [-0.2, -0.15) is 4.39 Å². The van der Waals surface area contributed by atoms with E-state index in [1.54, 1.807) is 14.0 Å². The first-order valence-electron chi connectivity index (χ1n) is 5.63. The van der Waals surface area contributed by atoms with Gasteiger partial charge in [0.1, 0.15) is 6.04 Å². The van der Waals surface area contributed by atoms with Gasteiger partial charge in [-0.3, -0.25) is 9.59 Å². The third kappa shape index (κ3) is 3.51. The molecule has 1 N–H and O–H groups in total. The maximum absolute atomic E-state index is 12.8. The van der Waals surface area contributed by atoms with E-state index in [1.807, 2.05) is 6.92 Å². The van der Waals surface area contributed by atoms with E-state index >= 15 is 0 Å². The molecule has 1 unspecified atom stereocenters. The average Bonchev–Trinajstić information content (AvgIpc) is 2.36. The van der Waals surface area contributed by atoms with Crippen LogP contribution in [0.1, 0.15) is 24.2 Å². The lowest BCUT2D eigenvalue weighted by atomic mass is 10.2. The van der Waals surface area contributed by atoms with Gasteiger partial charge in [-0.05, 0) is 19.9 Å². The molecular formula is C12H16FN3O2. The molecule has 0 aromatic carbocycles. The second-order valence-corrected chi connectivity index (χ2v) is 3.91. The molecule has 6 heteroatoms. The zero-order chi connectivity index (χ0) is 13.7. The SMILES string of the molecule is CCN(C)C(=O)C(C)NC(=O)c1ccnc(F)c1. The molecule has 0 saturated carbocycles. The fourth-order valence-corrected chi connectivity index (χ4v) is 1.37. The number of pyridine rings is 1. The minimum atomic E-state index is -0.729. The molecule has 0 fully saturated rings. The number of likely N-dealkylation sites (N-methyl/N-ethyl adjacent to an activating group) is 1. The summed E-state index contributed by atoms with van der Waals surface area (Å²) in [7, 11) is 1.65. The van der Waals surface area contributed by atoms with Gasteiger partial charge < -0.3 is 10.2 Å². The molecule has 2 amide bonds. The quantitative estimate of drug-likeness (QED) is 0.808. The highest BCUT2D eigenvalue weighted by Gasteiger charge is 2.19. The predicted octanol–water partition coefficient (Wildman–Crippen LogP) is 0.817. The highest BCUT2D eigenvalue weighted by molar-refractivity contribution is 5.97. The molecule has 0 radical (unpaired) electrons. The van der Waals surface area contributed by atoms with Crippen molar-refractivity contribution in [2.45, 2.75) is 19.9 Å². The Morgan fingerprint density at radius 1 is 1.56 bits per heavy atom. The Labute approximate surface area is 105 Å². The Kier molecular flexibility index (Phi) is 4.76. The second-order valence-electron chi connectivity index (χ2n) is 3.91. The van der Waals surface area contributed by atoms with Crippen LogP contribution in [0.3, 0.4) is 0 Å². The topological polar surface area (TPSA) is 62.3 Å². The van der Waals surface area contributed by atoms with E-state index < -0.39 is 17.9 Å². The molecule has 1 atom stereocenters. The van der Waals surface area contributed by atoms with Crippen LogP contribution in [0.2, 0.25) is 0 Å². The van der Waals surface area contributed by atoms with Crippen LogP contribution in [0, 0.1) is 5.95 Å². The van der Waals surface area contributed by atoms with Crippen LogP contribution in [-0.4, -0.2) is 41.3 Å². The molecule has 1 heterocycles. The van der Waals surface area contributed by atoms with Gasteiger partial charge in [-0.15, -0.1) is 0 Å². The highest BCUT2D eigenvalue weighted by Crippen LogP contribution is 2.01. The zero-order valence-corrected chi connectivity index (χ0v) is 10.6. The van der Waals surface area contributed by atoms with E-state index in [0.717, 1.165) is 6.07 Å². The van der Waals surface area contributed by atoms with Crippen molar-refractivity contribution in [3.05, 3.63) is 29.8 Å². The monoisotopic (exact) mass is 253 g/mol. The molecule has 0 aliphatic carbocycles. The van der Waals surface area contributed by atoms with Crippen LogP contribution in [0.5, 0.6) is 0 Å². The summed E-state index contributed by atoms with van der Waals surface area (Å²) in [6.07, 6.45) is 1.20. The average molecular weight is 253 g/mol. The van der Waals surface area contributed by atoms with E-state index in [0.29, 0.717) is 6.54 Å². The number of hydrogen-bond acceptors (Lipinski definition) is 3. The van der Waals surface area contributed by atoms with Crippen LogP contribution in [0.15, 0.2) is 18.3 Å². The van der Waals surface area contributed by atoms with Crippen molar-refractivity contribution >= 4 is 11.8 Å². The van der Waals surface area contributed by atoms with Gasteiger partial charge in [0.2, 0.25) is 11.9 Å². The minimum Gasteiger partial charge on any atom is -0.344 e. The van der Waals surface area contributed by atoms with Crippen molar-refractivity contribution in [2.24, 2.45) is 0 Å². The summed E-state index contributed by atoms with van der Waals surface area (Å²) in [5.41, 5.74) is 0.140. The van der Waals surface area contributed by atoms with Crippen LogP contribution in [0.25, 0.3) is 0 Å². The standard InChI is InChI=1S/C12H16FN3O2/c1-4-16(3)12(18)8(2)15-11(17)9-5-6-14-10(13)7-9/h5-8H,4H2,1-3H3,(H,15,17). The number of aromatic nitrogens is 1. The fraction of sp³-hybridized carbons (Fsp3) is 0.417. The normalized spacial score (nSPS) is 11.8. The van der Waals surface area contributed by atoms with Crippen LogP contribution in [0.4, 0.5) is 4.39 Å². The molecule has 5 nitrogen and oxygen atoms in total. The predicted molar refractivity (Wildman–Crippen MR) is 64.4 cm³/mol. The van der Waals surface area contributed by atoms with Crippen molar-refractivity contribution in [1.82, 2.24) is 15.2 Å². The number of nitrogens with zero attached hydrogens (tertiary/aromatic N) is 2. The van der Waals surface area contributed by atoms with Gasteiger partial charge >= 0.3 is 0 Å². The maximum atomic E-state index is 12.8. The molecule has 1 rings (SSSR count). The van der Waals surface area contributed by atoms with Gasteiger partial charge in [-0.25, -0.2) is 4.98 Å². The molecule has 18 heavy (non-hydrogen) atoms. The van der Waals surface area contributed by atoms with E-state index in [4.69, 9.17) is 0 Å². The van der Waals surface area contributed by atoms with E-state index in [9.17, 15) is 14.0 Å². The van der Waals surface area contributed by atoms with E-state index in [2.05, 4.69) is 10.3 Å². The zero-order valence-electron chi connectivity index (χ0n) is 10.6. The largest absolute Gasteiger partial charge is 0.344 e. The Balaban J connectivity index is 2.68. The molecule has 0 bridgehead atoms. The number of carbonyl (C=O) groups excluding carboxylic acids is 2. The summed E-state index contributed by atoms with van der Waals surface area (Å²) < 4.78 is 12.8. The van der Waals surface area contributed by atoms with E-state index in [-0.39, 0.29) is 11.5 Å². The third-order valence-electron chi connectivity index (χ3n) is 2.56. The van der Waals surface area contributed by atoms with Gasteiger partial charge in [-0.1, -0.05) is 0 Å². The van der Waals surface area contributed by atoms with Gasteiger partial charge in [0.05, 0.1) is 0 Å². The molecule has 98 valence electrons. The Hall–Kier alpha value is -1.98. The first-order chi connectivity index (χ1) is 8.45. The number of amides is 2. The Morgan fingerprint density at radius 2 is 2.22 bits per heavy atom. The smallest absolute Gasteiger partial charge is 0.252 e. The number of halogens is 1. The summed E-state index contributed by atoms with van der Waals surface area (Å²) in [5.74, 6) is -1.42. The summed E-state index contributed by atoms with van der Waals surface area (Å²) in [6.45, 7) is 3.98. The van der Waals surface area contributed by atoms with Gasteiger partial charge in [0.15, 0.2) is 0 Å². The molecule has 0 saturated heterocycles. The van der Waals surface area contributed by atoms with Gasteiger partial charge in [0.25, 0.3) is 5.91 Å². The van der Waals surface area contributed by atoms with Crippen molar-refractivity contribution in [3.8, 4) is 0 Å². The molecule has 0 spiro atoms. The van der Waals surface area contributed by atoms with E-state index in [1.165, 1.54) is 17.2 Å². The summed E-state index contributed by atoms with van der Waals surface area (Å²) in [4.78, 5) is 28.3. The maximum Gasteiger partial charge on any atom is 0.252 e. The van der Waals surface area contributed by atoms with Gasteiger partial charge in [0, 0.05) is 31.4 Å². The van der Waals surface area contributed by atoms with Crippen LogP contribution >= 0.6 is 0 Å². The second kappa shape index (κ2) is 6.09. The number of hydrogen-bond donors (Lipinski definition) is 1. The molecule has 0 aliphatic heterocycles. The Bertz CT molecular complexity index is 451. The first-order valence-corrected chi connectivity index (χ1v) is 5.63. The molecule has 0 aliphatic rings. The summed E-state index contributed by atoms with van der Waals surface area (Å²) >= 11 is 0. The fourth-order valence-electron chi connectivity index (χ4n) is 1.37. The lowest BCUT2D eigenvalue weighted by molar-refractivity contribution is -0.131. The number of rotatable bonds is 4. The van der Waals surface area contributed by atoms with Crippen molar-refractivity contribution in [3.63, 3.8) is 0 Å². The minimum absolute atomic E-state index is 0.140. The lowest BCUT2D eigenvalue weighted by Gasteiger charge is -2.20. The first kappa shape index (κ1) is 14.1. The summed E-state index contributed by atoms with van der Waals surface area (Å²) in [5, 5.41) is 2.51. The summed E-state index contributed by atoms with van der Waals surface area (Å²) in [6, 6.07) is 1.76. The Morgan fingerprint density at radius 3 is 2.78 bits per heavy atom. The molecular weight excluding hydrogens is 237 g/mol. The third-order valence-corrected chi connectivity index (χ3v) is 2.56. The molecule has 1 aromatic rings. The number of carbonyl (C=O) groups is 2. The lowest BCUT2D eigenvalue weighted by Crippen LogP contribution is -2.45. The van der Waals surface area contributed by atoms with Crippen molar-refractivity contribution in [1.29, 1.82) is 0 Å². The van der Waals surface area contributed by atoms with Crippen molar-refractivity contribution in [2.75, 3.05) is 13.6 Å². The number of nitrogens with one attached hydrogen (secondary N) is 1. The highest BCUT2D eigenvalue weighted by atomic mass is 19.1. The van der Waals surface area contributed by atoms with Crippen LogP contribution < -0.4 is 5.32 Å². The molecule has 1 aromatic heterocycles. The van der Waals surface area contributed by atoms with Crippen molar-refractivity contribution < 1.29 is 14.0 Å². The van der Waals surface area contributed by atoms with Crippen LogP contribution in [-0.2, 0) is 4.79 Å².